The summed E-state index contributed by atoms with van der Waals surface area (Å²) in [5, 5.41) is 10.4. The summed E-state index contributed by atoms with van der Waals surface area (Å²) in [5.41, 5.74) is 0. The van der Waals surface area contributed by atoms with Crippen molar-refractivity contribution in [1.29, 1.82) is 5.26 Å². The summed E-state index contributed by atoms with van der Waals surface area (Å²) in [6.07, 6.45) is 0. The second kappa shape index (κ2) is 2.44. The molecule has 0 amide bonds. The van der Waals surface area contributed by atoms with Crippen molar-refractivity contribution in [3.8, 4) is 17.6 Å². The van der Waals surface area contributed by atoms with E-state index in [0.717, 1.165) is 0 Å². The normalized spacial score (nSPS) is 14.1. The summed E-state index contributed by atoms with van der Waals surface area (Å²) in [4.78, 5) is 0.597. The van der Waals surface area contributed by atoms with Gasteiger partial charge in [-0.05, 0) is 0 Å². The minimum Gasteiger partial charge on any atom is -0.485 e. The molecule has 1 aromatic rings. The lowest BCUT2D eigenvalue weighted by molar-refractivity contribution is 0.173. The molecular weight excluding hydrogens is 162 g/mol. The summed E-state index contributed by atoms with van der Waals surface area (Å²) in [6.45, 7) is 1.12. The van der Waals surface area contributed by atoms with Crippen molar-refractivity contribution in [2.75, 3.05) is 13.2 Å². The largest absolute Gasteiger partial charge is 0.485 e. The van der Waals surface area contributed by atoms with Crippen LogP contribution in [0.5, 0.6) is 11.5 Å². The number of nitriles is 1. The minimum atomic E-state index is 0.540. The summed E-state index contributed by atoms with van der Waals surface area (Å²) < 4.78 is 10.5. The predicted molar refractivity (Wildman–Crippen MR) is 40.0 cm³/mol. The Balaban J connectivity index is 2.48. The van der Waals surface area contributed by atoms with E-state index >= 15 is 0 Å². The Bertz CT molecular complexity index is 313. The zero-order valence-corrected chi connectivity index (χ0v) is 6.48. The van der Waals surface area contributed by atoms with Crippen LogP contribution in [0.4, 0.5) is 0 Å². The Morgan fingerprint density at radius 1 is 1.45 bits per heavy atom. The summed E-state index contributed by atoms with van der Waals surface area (Å²) >= 11 is 1.35. The number of rotatable bonds is 0. The molecule has 1 aromatic heterocycles. The molecule has 56 valence electrons. The first-order valence-corrected chi connectivity index (χ1v) is 4.07. The van der Waals surface area contributed by atoms with Gasteiger partial charge in [0.25, 0.3) is 0 Å². The number of thiophene rings is 1. The number of nitrogens with zero attached hydrogens (tertiary/aromatic N) is 1. The zero-order valence-electron chi connectivity index (χ0n) is 5.66. The quantitative estimate of drug-likeness (QED) is 0.586. The van der Waals surface area contributed by atoms with Crippen molar-refractivity contribution in [2.24, 2.45) is 0 Å². The van der Waals surface area contributed by atoms with Gasteiger partial charge in [-0.1, -0.05) is 0 Å². The van der Waals surface area contributed by atoms with Crippen molar-refractivity contribution in [1.82, 2.24) is 0 Å². The van der Waals surface area contributed by atoms with E-state index in [2.05, 4.69) is 0 Å². The zero-order chi connectivity index (χ0) is 7.68. The molecule has 0 saturated heterocycles. The monoisotopic (exact) mass is 167 g/mol. The molecule has 0 spiro atoms. The number of fused-ring (bicyclic) bond motifs is 1. The maximum atomic E-state index is 8.61. The average Bonchev–Trinajstić information content (AvgIpc) is 2.47. The van der Waals surface area contributed by atoms with Crippen molar-refractivity contribution in [3.63, 3.8) is 0 Å². The molecule has 3 nitrogen and oxygen atoms in total. The molecule has 0 atom stereocenters. The van der Waals surface area contributed by atoms with E-state index in [1.807, 2.05) is 6.07 Å². The first-order chi connectivity index (χ1) is 5.42. The third kappa shape index (κ3) is 0.938. The summed E-state index contributed by atoms with van der Waals surface area (Å²) in [6, 6.07) is 2.05. The molecule has 4 heteroatoms. The van der Waals surface area contributed by atoms with Crippen LogP contribution >= 0.6 is 11.3 Å². The van der Waals surface area contributed by atoms with Gasteiger partial charge in [-0.15, -0.1) is 11.3 Å². The first-order valence-electron chi connectivity index (χ1n) is 3.19. The number of hydrogen-bond donors (Lipinski definition) is 0. The summed E-state index contributed by atoms with van der Waals surface area (Å²) in [5.74, 6) is 1.32. The molecule has 0 aliphatic carbocycles. The lowest BCUT2D eigenvalue weighted by Gasteiger charge is -2.14. The molecule has 11 heavy (non-hydrogen) atoms. The molecule has 1 aliphatic rings. The van der Waals surface area contributed by atoms with E-state index in [-0.39, 0.29) is 0 Å². The Kier molecular flexibility index (Phi) is 1.44. The minimum absolute atomic E-state index is 0.540. The van der Waals surface area contributed by atoms with Crippen LogP contribution < -0.4 is 9.47 Å². The fraction of sp³-hybridized carbons (Fsp3) is 0.286. The smallest absolute Gasteiger partial charge is 0.190 e. The van der Waals surface area contributed by atoms with E-state index in [1.54, 1.807) is 5.38 Å². The van der Waals surface area contributed by atoms with Gasteiger partial charge in [-0.3, -0.25) is 0 Å². The van der Waals surface area contributed by atoms with E-state index in [9.17, 15) is 0 Å². The van der Waals surface area contributed by atoms with Gasteiger partial charge in [0.15, 0.2) is 16.4 Å². The Labute approximate surface area is 67.8 Å². The second-order valence-electron chi connectivity index (χ2n) is 2.07. The third-order valence-electron chi connectivity index (χ3n) is 1.40. The van der Waals surface area contributed by atoms with Gasteiger partial charge in [0.05, 0.1) is 0 Å². The molecule has 0 radical (unpaired) electrons. The van der Waals surface area contributed by atoms with E-state index in [0.29, 0.717) is 29.6 Å². The molecule has 1 aliphatic heterocycles. The maximum Gasteiger partial charge on any atom is 0.190 e. The molecule has 2 rings (SSSR count). The highest BCUT2D eigenvalue weighted by atomic mass is 32.1. The first kappa shape index (κ1) is 6.50. The molecule has 0 unspecified atom stereocenters. The fourth-order valence-electron chi connectivity index (χ4n) is 0.940. The highest BCUT2D eigenvalue weighted by molar-refractivity contribution is 7.11. The molecule has 0 aromatic carbocycles. The van der Waals surface area contributed by atoms with Crippen LogP contribution in [0.25, 0.3) is 0 Å². The van der Waals surface area contributed by atoms with Gasteiger partial charge in [0.2, 0.25) is 0 Å². The standard InChI is InChI=1S/C7H5NO2S/c8-3-6-7-5(4-11-6)9-1-2-10-7/h4H,1-2H2. The summed E-state index contributed by atoms with van der Waals surface area (Å²) in [7, 11) is 0. The maximum absolute atomic E-state index is 8.61. The third-order valence-corrected chi connectivity index (χ3v) is 2.25. The van der Waals surface area contributed by atoms with Crippen LogP contribution in [0, 0.1) is 11.3 Å². The molecule has 0 bridgehead atoms. The van der Waals surface area contributed by atoms with Gasteiger partial charge in [-0.25, -0.2) is 0 Å². The number of hydrogen-bond acceptors (Lipinski definition) is 4. The highest BCUT2D eigenvalue weighted by Gasteiger charge is 2.17. The Morgan fingerprint density at radius 2 is 2.27 bits per heavy atom. The van der Waals surface area contributed by atoms with Crippen LogP contribution in [-0.4, -0.2) is 13.2 Å². The van der Waals surface area contributed by atoms with Crippen molar-refractivity contribution >= 4 is 11.3 Å². The van der Waals surface area contributed by atoms with Gasteiger partial charge >= 0.3 is 0 Å². The lowest BCUT2D eigenvalue weighted by atomic mass is 10.4. The van der Waals surface area contributed by atoms with Gasteiger partial charge in [0, 0.05) is 5.38 Å². The molecule has 2 heterocycles. The molecule has 0 saturated carbocycles. The Morgan fingerprint density at radius 3 is 3.09 bits per heavy atom. The predicted octanol–water partition coefficient (Wildman–Crippen LogP) is 1.39. The van der Waals surface area contributed by atoms with Crippen LogP contribution in [-0.2, 0) is 0 Å². The van der Waals surface area contributed by atoms with Crippen molar-refractivity contribution in [3.05, 3.63) is 10.3 Å². The molecule has 0 fully saturated rings. The van der Waals surface area contributed by atoms with Crippen LogP contribution in [0.15, 0.2) is 5.38 Å². The van der Waals surface area contributed by atoms with Crippen LogP contribution in [0.3, 0.4) is 0 Å². The highest BCUT2D eigenvalue weighted by Crippen LogP contribution is 2.38. The SMILES string of the molecule is N#Cc1scc2c1OCCO2. The second-order valence-corrected chi connectivity index (χ2v) is 2.95. The van der Waals surface area contributed by atoms with Gasteiger partial charge < -0.3 is 9.47 Å². The van der Waals surface area contributed by atoms with Crippen LogP contribution in [0.1, 0.15) is 4.88 Å². The van der Waals surface area contributed by atoms with E-state index in [4.69, 9.17) is 14.7 Å². The topological polar surface area (TPSA) is 42.2 Å². The number of ether oxygens (including phenoxy) is 2. The van der Waals surface area contributed by atoms with Crippen LogP contribution in [0.2, 0.25) is 0 Å². The lowest BCUT2D eigenvalue weighted by Crippen LogP contribution is -2.14. The van der Waals surface area contributed by atoms with E-state index in [1.165, 1.54) is 11.3 Å². The van der Waals surface area contributed by atoms with Gasteiger partial charge in [0.1, 0.15) is 19.3 Å². The Hall–Kier alpha value is -1.21. The van der Waals surface area contributed by atoms with E-state index < -0.39 is 0 Å². The van der Waals surface area contributed by atoms with Gasteiger partial charge in [-0.2, -0.15) is 5.26 Å². The fourth-order valence-corrected chi connectivity index (χ4v) is 1.66. The van der Waals surface area contributed by atoms with Crippen molar-refractivity contribution < 1.29 is 9.47 Å². The van der Waals surface area contributed by atoms with Crippen molar-refractivity contribution in [2.45, 2.75) is 0 Å². The average molecular weight is 167 g/mol. The molecular formula is C7H5NO2S. The molecule has 0 N–H and O–H groups in total.